The topological polar surface area (TPSA) is 70.3 Å². The van der Waals surface area contributed by atoms with Crippen molar-refractivity contribution in [2.24, 2.45) is 10.9 Å². The number of furan rings is 1. The van der Waals surface area contributed by atoms with E-state index in [1.165, 1.54) is 6.26 Å². The summed E-state index contributed by atoms with van der Waals surface area (Å²) in [6, 6.07) is 3.45. The molecule has 0 bridgehead atoms. The number of hydrogen-bond donors (Lipinski definition) is 1. The summed E-state index contributed by atoms with van der Waals surface area (Å²) in [6.07, 6.45) is 2.64. The zero-order chi connectivity index (χ0) is 16.1. The minimum absolute atomic E-state index is 0. The molecule has 0 aromatic carbocycles. The Kier molecular flexibility index (Phi) is 7.35. The number of carbonyl (C=O) groups excluding carboxylic acids is 1. The second kappa shape index (κ2) is 9.26. The van der Waals surface area contributed by atoms with E-state index in [0.29, 0.717) is 24.8 Å². The lowest BCUT2D eigenvalue weighted by Gasteiger charge is -2.36. The van der Waals surface area contributed by atoms with E-state index in [4.69, 9.17) is 9.15 Å². The lowest BCUT2D eigenvalue weighted by atomic mass is 10.1. The number of rotatable bonds is 3. The molecule has 2 saturated heterocycles. The number of amides is 1. The highest BCUT2D eigenvalue weighted by atomic mass is 127. The largest absolute Gasteiger partial charge is 0.459 e. The van der Waals surface area contributed by atoms with E-state index in [1.807, 2.05) is 4.90 Å². The second-order valence-corrected chi connectivity index (χ2v) is 5.91. The zero-order valence-corrected chi connectivity index (χ0v) is 16.3. The molecule has 1 unspecified atom stereocenters. The fourth-order valence-corrected chi connectivity index (χ4v) is 2.99. The summed E-state index contributed by atoms with van der Waals surface area (Å²) < 4.78 is 10.6. The minimum Gasteiger partial charge on any atom is -0.459 e. The molecule has 0 spiro atoms. The number of carbonyl (C=O) groups is 1. The fraction of sp³-hybridized carbons (Fsp3) is 0.625. The van der Waals surface area contributed by atoms with Crippen LogP contribution in [0.4, 0.5) is 0 Å². The molecular formula is C16H25IN4O3. The standard InChI is InChI=1S/C16H24N4O3.HI/c1-17-16(18-11-13-4-10-22-12-13)20-7-5-19(6-8-20)15(21)14-3-2-9-23-14;/h2-3,9,13H,4-8,10-12H2,1H3,(H,17,18);1H. The van der Waals surface area contributed by atoms with Gasteiger partial charge in [0.25, 0.3) is 5.91 Å². The number of nitrogens with zero attached hydrogens (tertiary/aromatic N) is 3. The van der Waals surface area contributed by atoms with Crippen LogP contribution in [0, 0.1) is 5.92 Å². The van der Waals surface area contributed by atoms with E-state index in [2.05, 4.69) is 15.2 Å². The van der Waals surface area contributed by atoms with Gasteiger partial charge in [0.1, 0.15) is 0 Å². The molecule has 0 aliphatic carbocycles. The number of ether oxygens (including phenoxy) is 1. The summed E-state index contributed by atoms with van der Waals surface area (Å²) in [5, 5.41) is 3.43. The summed E-state index contributed by atoms with van der Waals surface area (Å²) in [5.41, 5.74) is 0. The first-order chi connectivity index (χ1) is 11.3. The fourth-order valence-electron chi connectivity index (χ4n) is 2.99. The third kappa shape index (κ3) is 4.62. The van der Waals surface area contributed by atoms with Crippen LogP contribution in [-0.2, 0) is 4.74 Å². The van der Waals surface area contributed by atoms with Crippen molar-refractivity contribution in [3.05, 3.63) is 24.2 Å². The summed E-state index contributed by atoms with van der Waals surface area (Å²) in [7, 11) is 1.80. The number of halogens is 1. The molecule has 1 N–H and O–H groups in total. The van der Waals surface area contributed by atoms with Crippen molar-refractivity contribution >= 4 is 35.8 Å². The highest BCUT2D eigenvalue weighted by molar-refractivity contribution is 14.0. The van der Waals surface area contributed by atoms with Gasteiger partial charge in [0.05, 0.1) is 12.9 Å². The van der Waals surface area contributed by atoms with E-state index in [9.17, 15) is 4.79 Å². The average molecular weight is 448 g/mol. The molecular weight excluding hydrogens is 423 g/mol. The molecule has 0 saturated carbocycles. The number of guanidine groups is 1. The number of hydrogen-bond acceptors (Lipinski definition) is 4. The van der Waals surface area contributed by atoms with Crippen LogP contribution in [0.3, 0.4) is 0 Å². The maximum Gasteiger partial charge on any atom is 0.289 e. The first kappa shape index (κ1) is 19.0. The Labute approximate surface area is 159 Å². The van der Waals surface area contributed by atoms with Crippen LogP contribution < -0.4 is 5.32 Å². The van der Waals surface area contributed by atoms with Gasteiger partial charge in [-0.1, -0.05) is 0 Å². The molecule has 1 amide bonds. The van der Waals surface area contributed by atoms with Crippen LogP contribution in [0.5, 0.6) is 0 Å². The highest BCUT2D eigenvalue weighted by Gasteiger charge is 2.25. The SMILES string of the molecule is CN=C(NCC1CCOC1)N1CCN(C(=O)c2ccco2)CC1.I. The molecule has 1 aromatic rings. The summed E-state index contributed by atoms with van der Waals surface area (Å²) >= 11 is 0. The maximum atomic E-state index is 12.3. The van der Waals surface area contributed by atoms with Gasteiger partial charge in [0.15, 0.2) is 11.7 Å². The number of piperazine rings is 1. The molecule has 7 nitrogen and oxygen atoms in total. The van der Waals surface area contributed by atoms with Crippen molar-refractivity contribution in [2.75, 3.05) is 53.0 Å². The molecule has 2 aliphatic rings. The molecule has 2 aliphatic heterocycles. The normalized spacial score (nSPS) is 21.5. The summed E-state index contributed by atoms with van der Waals surface area (Å²) in [4.78, 5) is 20.6. The molecule has 8 heteroatoms. The van der Waals surface area contributed by atoms with Crippen molar-refractivity contribution in [1.82, 2.24) is 15.1 Å². The van der Waals surface area contributed by atoms with E-state index >= 15 is 0 Å². The molecule has 0 radical (unpaired) electrons. The van der Waals surface area contributed by atoms with E-state index in [0.717, 1.165) is 45.2 Å². The van der Waals surface area contributed by atoms with Crippen LogP contribution >= 0.6 is 24.0 Å². The maximum absolute atomic E-state index is 12.3. The predicted octanol–water partition coefficient (Wildman–Crippen LogP) is 1.27. The monoisotopic (exact) mass is 448 g/mol. The van der Waals surface area contributed by atoms with Crippen molar-refractivity contribution in [2.45, 2.75) is 6.42 Å². The van der Waals surface area contributed by atoms with Gasteiger partial charge in [0.2, 0.25) is 0 Å². The highest BCUT2D eigenvalue weighted by Crippen LogP contribution is 2.12. The minimum atomic E-state index is -0.0410. The van der Waals surface area contributed by atoms with Crippen molar-refractivity contribution < 1.29 is 13.9 Å². The van der Waals surface area contributed by atoms with Gasteiger partial charge in [0, 0.05) is 52.3 Å². The van der Waals surface area contributed by atoms with E-state index < -0.39 is 0 Å². The van der Waals surface area contributed by atoms with Gasteiger partial charge in [-0.15, -0.1) is 24.0 Å². The number of nitrogens with one attached hydrogen (secondary N) is 1. The van der Waals surface area contributed by atoms with Gasteiger partial charge in [-0.05, 0) is 18.6 Å². The van der Waals surface area contributed by atoms with Gasteiger partial charge in [-0.3, -0.25) is 9.79 Å². The Morgan fingerprint density at radius 1 is 1.33 bits per heavy atom. The smallest absolute Gasteiger partial charge is 0.289 e. The molecule has 3 rings (SSSR count). The molecule has 134 valence electrons. The van der Waals surface area contributed by atoms with Gasteiger partial charge >= 0.3 is 0 Å². The number of aliphatic imine (C=N–C) groups is 1. The molecule has 24 heavy (non-hydrogen) atoms. The Hall–Kier alpha value is -1.29. The third-order valence-electron chi connectivity index (χ3n) is 4.38. The molecule has 1 aromatic heterocycles. The van der Waals surface area contributed by atoms with Crippen LogP contribution in [0.2, 0.25) is 0 Å². The van der Waals surface area contributed by atoms with Crippen molar-refractivity contribution in [3.63, 3.8) is 0 Å². The first-order valence-corrected chi connectivity index (χ1v) is 8.14. The summed E-state index contributed by atoms with van der Waals surface area (Å²) in [6.45, 7) is 5.46. The van der Waals surface area contributed by atoms with Gasteiger partial charge in [-0.25, -0.2) is 0 Å². The average Bonchev–Trinajstić information content (AvgIpc) is 3.29. The first-order valence-electron chi connectivity index (χ1n) is 8.14. The Bertz CT molecular complexity index is 536. The molecule has 2 fully saturated rings. The summed E-state index contributed by atoms with van der Waals surface area (Å²) in [5.74, 6) is 1.83. The quantitative estimate of drug-likeness (QED) is 0.429. The third-order valence-corrected chi connectivity index (χ3v) is 4.38. The predicted molar refractivity (Wildman–Crippen MR) is 102 cm³/mol. The lowest BCUT2D eigenvalue weighted by Crippen LogP contribution is -2.54. The lowest BCUT2D eigenvalue weighted by molar-refractivity contribution is 0.0657. The van der Waals surface area contributed by atoms with Crippen LogP contribution in [-0.4, -0.2) is 74.7 Å². The van der Waals surface area contributed by atoms with Crippen molar-refractivity contribution in [3.8, 4) is 0 Å². The van der Waals surface area contributed by atoms with Crippen LogP contribution in [0.25, 0.3) is 0 Å². The second-order valence-electron chi connectivity index (χ2n) is 5.91. The van der Waals surface area contributed by atoms with Crippen LogP contribution in [0.15, 0.2) is 27.8 Å². The Morgan fingerprint density at radius 2 is 2.08 bits per heavy atom. The zero-order valence-electron chi connectivity index (χ0n) is 13.9. The van der Waals surface area contributed by atoms with Gasteiger partial charge < -0.3 is 24.3 Å². The van der Waals surface area contributed by atoms with Gasteiger partial charge in [-0.2, -0.15) is 0 Å². The Balaban J connectivity index is 0.00000208. The van der Waals surface area contributed by atoms with Crippen LogP contribution in [0.1, 0.15) is 17.0 Å². The van der Waals surface area contributed by atoms with E-state index in [1.54, 1.807) is 19.2 Å². The molecule has 1 atom stereocenters. The van der Waals surface area contributed by atoms with E-state index in [-0.39, 0.29) is 29.9 Å². The Morgan fingerprint density at radius 3 is 2.67 bits per heavy atom. The molecule has 3 heterocycles. The van der Waals surface area contributed by atoms with Crippen molar-refractivity contribution in [1.29, 1.82) is 0 Å².